The SMILES string of the molecule is COc1ccccc1CNC(=O)c1nn(CCOc2ccccc2)c2c1CNCC2.Cl. The second kappa shape index (κ2) is 10.8. The fourth-order valence-electron chi connectivity index (χ4n) is 3.66. The summed E-state index contributed by atoms with van der Waals surface area (Å²) >= 11 is 0. The highest BCUT2D eigenvalue weighted by atomic mass is 35.5. The minimum atomic E-state index is -0.177. The Morgan fingerprint density at radius 1 is 1.16 bits per heavy atom. The maximum Gasteiger partial charge on any atom is 0.272 e. The zero-order valence-electron chi connectivity index (χ0n) is 17.5. The molecule has 0 unspecified atom stereocenters. The first-order valence-corrected chi connectivity index (χ1v) is 10.1. The number of halogens is 1. The first-order chi connectivity index (χ1) is 14.8. The van der Waals surface area contributed by atoms with E-state index in [2.05, 4.69) is 15.7 Å². The summed E-state index contributed by atoms with van der Waals surface area (Å²) < 4.78 is 13.1. The van der Waals surface area contributed by atoms with Gasteiger partial charge in [0.2, 0.25) is 0 Å². The Kier molecular flexibility index (Phi) is 7.92. The van der Waals surface area contributed by atoms with Crippen molar-refractivity contribution >= 4 is 18.3 Å². The molecule has 0 fully saturated rings. The molecule has 0 atom stereocenters. The van der Waals surface area contributed by atoms with Crippen LogP contribution in [0.15, 0.2) is 54.6 Å². The van der Waals surface area contributed by atoms with Crippen LogP contribution in [-0.2, 0) is 26.1 Å². The third-order valence-corrected chi connectivity index (χ3v) is 5.17. The molecule has 2 aromatic carbocycles. The summed E-state index contributed by atoms with van der Waals surface area (Å²) in [5.41, 5.74) is 3.48. The van der Waals surface area contributed by atoms with E-state index in [0.29, 0.717) is 31.9 Å². The summed E-state index contributed by atoms with van der Waals surface area (Å²) in [7, 11) is 1.63. The fraction of sp³-hybridized carbons (Fsp3) is 0.304. The average Bonchev–Trinajstić information content (AvgIpc) is 3.17. The summed E-state index contributed by atoms with van der Waals surface area (Å²) in [6.07, 6.45) is 0.841. The van der Waals surface area contributed by atoms with Crippen LogP contribution < -0.4 is 20.1 Å². The number of aromatic nitrogens is 2. The highest BCUT2D eigenvalue weighted by Crippen LogP contribution is 2.20. The molecular formula is C23H27ClN4O3. The normalized spacial score (nSPS) is 12.4. The standard InChI is InChI=1S/C23H26N4O3.ClH/c1-29-21-10-6-5-7-17(21)15-25-23(28)22-19-16-24-12-11-20(19)27(26-22)13-14-30-18-8-3-2-4-9-18;/h2-10,24H,11-16H2,1H3,(H,25,28);1H. The molecule has 8 heteroatoms. The Labute approximate surface area is 188 Å². The predicted octanol–water partition coefficient (Wildman–Crippen LogP) is 2.97. The molecule has 0 spiro atoms. The molecule has 1 aromatic heterocycles. The van der Waals surface area contributed by atoms with E-state index < -0.39 is 0 Å². The Morgan fingerprint density at radius 3 is 2.74 bits per heavy atom. The van der Waals surface area contributed by atoms with Crippen molar-refractivity contribution in [2.24, 2.45) is 0 Å². The van der Waals surface area contributed by atoms with Gasteiger partial charge in [-0.1, -0.05) is 36.4 Å². The van der Waals surface area contributed by atoms with Gasteiger partial charge in [0.25, 0.3) is 5.91 Å². The zero-order valence-corrected chi connectivity index (χ0v) is 18.3. The van der Waals surface area contributed by atoms with E-state index in [1.807, 2.05) is 59.3 Å². The molecule has 1 aliphatic rings. The molecule has 2 N–H and O–H groups in total. The number of para-hydroxylation sites is 2. The third kappa shape index (κ3) is 5.37. The number of carbonyl (C=O) groups excluding carboxylic acids is 1. The van der Waals surface area contributed by atoms with Crippen LogP contribution in [-0.4, -0.2) is 35.9 Å². The van der Waals surface area contributed by atoms with E-state index in [1.165, 1.54) is 0 Å². The molecule has 31 heavy (non-hydrogen) atoms. The van der Waals surface area contributed by atoms with Gasteiger partial charge in [-0.3, -0.25) is 9.48 Å². The zero-order chi connectivity index (χ0) is 20.8. The molecule has 0 saturated heterocycles. The van der Waals surface area contributed by atoms with Gasteiger partial charge >= 0.3 is 0 Å². The lowest BCUT2D eigenvalue weighted by Gasteiger charge is -2.16. The minimum Gasteiger partial charge on any atom is -0.496 e. The van der Waals surface area contributed by atoms with Gasteiger partial charge in [0, 0.05) is 42.9 Å². The second-order valence-corrected chi connectivity index (χ2v) is 7.08. The van der Waals surface area contributed by atoms with Crippen LogP contribution >= 0.6 is 12.4 Å². The number of benzene rings is 2. The molecule has 0 saturated carbocycles. The molecule has 1 amide bonds. The smallest absolute Gasteiger partial charge is 0.272 e. The topological polar surface area (TPSA) is 77.4 Å². The minimum absolute atomic E-state index is 0. The van der Waals surface area contributed by atoms with Crippen molar-refractivity contribution < 1.29 is 14.3 Å². The van der Waals surface area contributed by atoms with Crippen molar-refractivity contribution in [1.82, 2.24) is 20.4 Å². The van der Waals surface area contributed by atoms with Crippen LogP contribution in [0.3, 0.4) is 0 Å². The van der Waals surface area contributed by atoms with Gasteiger partial charge in [0.15, 0.2) is 5.69 Å². The number of nitrogens with zero attached hydrogens (tertiary/aromatic N) is 2. The van der Waals surface area contributed by atoms with Crippen LogP contribution in [0, 0.1) is 0 Å². The van der Waals surface area contributed by atoms with Crippen molar-refractivity contribution in [3.8, 4) is 11.5 Å². The molecule has 7 nitrogen and oxygen atoms in total. The lowest BCUT2D eigenvalue weighted by molar-refractivity contribution is 0.0943. The van der Waals surface area contributed by atoms with Gasteiger partial charge in [-0.25, -0.2) is 0 Å². The molecule has 3 aromatic rings. The van der Waals surface area contributed by atoms with Gasteiger partial charge in [0.1, 0.15) is 18.1 Å². The predicted molar refractivity (Wildman–Crippen MR) is 121 cm³/mol. The Morgan fingerprint density at radius 2 is 1.94 bits per heavy atom. The highest BCUT2D eigenvalue weighted by molar-refractivity contribution is 5.94. The number of hydrogen-bond acceptors (Lipinski definition) is 5. The van der Waals surface area contributed by atoms with Crippen molar-refractivity contribution in [2.75, 3.05) is 20.3 Å². The summed E-state index contributed by atoms with van der Waals surface area (Å²) in [5.74, 6) is 1.41. The Hall–Kier alpha value is -3.03. The van der Waals surface area contributed by atoms with Gasteiger partial charge in [-0.15, -0.1) is 12.4 Å². The summed E-state index contributed by atoms with van der Waals surface area (Å²) in [6.45, 7) is 2.99. The summed E-state index contributed by atoms with van der Waals surface area (Å²) in [6, 6.07) is 17.4. The van der Waals surface area contributed by atoms with Crippen LogP contribution in [0.5, 0.6) is 11.5 Å². The molecule has 164 valence electrons. The summed E-state index contributed by atoms with van der Waals surface area (Å²) in [5, 5.41) is 11.0. The van der Waals surface area contributed by atoms with Gasteiger partial charge in [-0.05, 0) is 18.2 Å². The monoisotopic (exact) mass is 442 g/mol. The van der Waals surface area contributed by atoms with Gasteiger partial charge < -0.3 is 20.1 Å². The van der Waals surface area contributed by atoms with E-state index in [-0.39, 0.29) is 18.3 Å². The number of carbonyl (C=O) groups is 1. The lowest BCUT2D eigenvalue weighted by atomic mass is 10.1. The van der Waals surface area contributed by atoms with E-state index in [1.54, 1.807) is 7.11 Å². The number of rotatable bonds is 8. The third-order valence-electron chi connectivity index (χ3n) is 5.17. The second-order valence-electron chi connectivity index (χ2n) is 7.08. The average molecular weight is 443 g/mol. The van der Waals surface area contributed by atoms with Gasteiger partial charge in [-0.2, -0.15) is 5.10 Å². The van der Waals surface area contributed by atoms with Crippen molar-refractivity contribution in [2.45, 2.75) is 26.1 Å². The Balaban J connectivity index is 0.00000272. The molecule has 0 radical (unpaired) electrons. The quantitative estimate of drug-likeness (QED) is 0.560. The number of hydrogen-bond donors (Lipinski definition) is 2. The fourth-order valence-corrected chi connectivity index (χ4v) is 3.66. The van der Waals surface area contributed by atoms with E-state index in [9.17, 15) is 4.79 Å². The number of amides is 1. The molecule has 1 aliphatic heterocycles. The largest absolute Gasteiger partial charge is 0.496 e. The van der Waals surface area contributed by atoms with Crippen LogP contribution in [0.4, 0.5) is 0 Å². The Bertz CT molecular complexity index is 1010. The van der Waals surface area contributed by atoms with Gasteiger partial charge in [0.05, 0.1) is 13.7 Å². The number of fused-ring (bicyclic) bond motifs is 1. The molecule has 2 heterocycles. The van der Waals surface area contributed by atoms with E-state index in [4.69, 9.17) is 9.47 Å². The number of nitrogens with one attached hydrogen (secondary N) is 2. The maximum absolute atomic E-state index is 12.9. The van der Waals surface area contributed by atoms with E-state index in [0.717, 1.165) is 41.3 Å². The lowest BCUT2D eigenvalue weighted by Crippen LogP contribution is -2.28. The summed E-state index contributed by atoms with van der Waals surface area (Å²) in [4.78, 5) is 12.9. The first kappa shape index (κ1) is 22.7. The number of methoxy groups -OCH3 is 1. The molecule has 4 rings (SSSR count). The molecule has 0 bridgehead atoms. The van der Waals surface area contributed by atoms with Crippen LogP contribution in [0.25, 0.3) is 0 Å². The van der Waals surface area contributed by atoms with E-state index >= 15 is 0 Å². The molecular weight excluding hydrogens is 416 g/mol. The van der Waals surface area contributed by atoms with Crippen molar-refractivity contribution in [1.29, 1.82) is 0 Å². The maximum atomic E-state index is 12.9. The highest BCUT2D eigenvalue weighted by Gasteiger charge is 2.24. The van der Waals surface area contributed by atoms with Crippen LogP contribution in [0.1, 0.15) is 27.3 Å². The molecule has 0 aliphatic carbocycles. The number of ether oxygens (including phenoxy) is 2. The first-order valence-electron chi connectivity index (χ1n) is 10.1. The van der Waals surface area contributed by atoms with Crippen LogP contribution in [0.2, 0.25) is 0 Å². The van der Waals surface area contributed by atoms with Crippen molar-refractivity contribution in [3.63, 3.8) is 0 Å². The van der Waals surface area contributed by atoms with Crippen molar-refractivity contribution in [3.05, 3.63) is 77.1 Å².